The fourth-order valence-electron chi connectivity index (χ4n) is 2.57. The lowest BCUT2D eigenvalue weighted by atomic mass is 10.1. The fraction of sp³-hybridized carbons (Fsp3) is 0.588. The van der Waals surface area contributed by atoms with Crippen LogP contribution in [0.3, 0.4) is 0 Å². The van der Waals surface area contributed by atoms with Gasteiger partial charge in [0, 0.05) is 12.2 Å². The SMILES string of the molecule is CCCC(O)CNC(=O)c1cc(C)nc2c1cnn2C(C)CC. The number of nitrogens with zero attached hydrogens (tertiary/aromatic N) is 3. The number of nitrogens with one attached hydrogen (secondary N) is 1. The van der Waals surface area contributed by atoms with E-state index in [0.717, 1.165) is 29.6 Å². The van der Waals surface area contributed by atoms with Crippen LogP contribution in [0.1, 0.15) is 62.1 Å². The highest BCUT2D eigenvalue weighted by Gasteiger charge is 2.18. The maximum atomic E-state index is 12.5. The van der Waals surface area contributed by atoms with E-state index in [2.05, 4.69) is 29.2 Å². The molecule has 6 heteroatoms. The van der Waals surface area contributed by atoms with E-state index in [1.807, 2.05) is 18.5 Å². The smallest absolute Gasteiger partial charge is 0.252 e. The van der Waals surface area contributed by atoms with Gasteiger partial charge < -0.3 is 10.4 Å². The molecule has 0 radical (unpaired) electrons. The summed E-state index contributed by atoms with van der Waals surface area (Å²) in [6.45, 7) is 8.31. The monoisotopic (exact) mass is 318 g/mol. The first-order valence-corrected chi connectivity index (χ1v) is 8.29. The lowest BCUT2D eigenvalue weighted by Gasteiger charge is -2.13. The number of hydrogen-bond donors (Lipinski definition) is 2. The highest BCUT2D eigenvalue weighted by molar-refractivity contribution is 6.05. The van der Waals surface area contributed by atoms with Gasteiger partial charge in [-0.05, 0) is 32.8 Å². The van der Waals surface area contributed by atoms with Crippen molar-refractivity contribution in [1.29, 1.82) is 0 Å². The zero-order chi connectivity index (χ0) is 17.0. The molecule has 126 valence electrons. The average Bonchev–Trinajstić information content (AvgIpc) is 2.95. The van der Waals surface area contributed by atoms with E-state index in [9.17, 15) is 9.90 Å². The van der Waals surface area contributed by atoms with Crippen LogP contribution >= 0.6 is 0 Å². The molecular weight excluding hydrogens is 292 g/mol. The molecule has 0 saturated carbocycles. The number of rotatable bonds is 7. The number of aryl methyl sites for hydroxylation is 1. The third-order valence-electron chi connectivity index (χ3n) is 4.07. The van der Waals surface area contributed by atoms with Crippen LogP contribution in [0.15, 0.2) is 12.3 Å². The van der Waals surface area contributed by atoms with Crippen LogP contribution in [0.5, 0.6) is 0 Å². The maximum Gasteiger partial charge on any atom is 0.252 e. The van der Waals surface area contributed by atoms with E-state index >= 15 is 0 Å². The van der Waals surface area contributed by atoms with Gasteiger partial charge in [0.2, 0.25) is 0 Å². The zero-order valence-electron chi connectivity index (χ0n) is 14.3. The Bertz CT molecular complexity index is 681. The van der Waals surface area contributed by atoms with Gasteiger partial charge in [0.05, 0.1) is 29.3 Å². The first kappa shape index (κ1) is 17.4. The highest BCUT2D eigenvalue weighted by atomic mass is 16.3. The van der Waals surface area contributed by atoms with Crippen LogP contribution in [0.2, 0.25) is 0 Å². The Hall–Kier alpha value is -1.95. The van der Waals surface area contributed by atoms with Gasteiger partial charge in [-0.1, -0.05) is 20.3 Å². The molecule has 2 N–H and O–H groups in total. The number of amides is 1. The number of aliphatic hydroxyl groups is 1. The number of carbonyl (C=O) groups excluding carboxylic acids is 1. The first-order chi connectivity index (χ1) is 11.0. The van der Waals surface area contributed by atoms with Crippen LogP contribution in [-0.2, 0) is 0 Å². The largest absolute Gasteiger partial charge is 0.391 e. The maximum absolute atomic E-state index is 12.5. The van der Waals surface area contributed by atoms with Crippen LogP contribution in [0.4, 0.5) is 0 Å². The number of fused-ring (bicyclic) bond motifs is 1. The number of aromatic nitrogens is 3. The molecule has 23 heavy (non-hydrogen) atoms. The average molecular weight is 318 g/mol. The molecule has 2 aromatic heterocycles. The van der Waals surface area contributed by atoms with Crippen molar-refractivity contribution in [1.82, 2.24) is 20.1 Å². The Morgan fingerprint density at radius 2 is 2.17 bits per heavy atom. The first-order valence-electron chi connectivity index (χ1n) is 8.29. The molecule has 0 bridgehead atoms. The van der Waals surface area contributed by atoms with Crippen LogP contribution in [0, 0.1) is 6.92 Å². The van der Waals surface area contributed by atoms with E-state index < -0.39 is 6.10 Å². The Balaban J connectivity index is 2.30. The highest BCUT2D eigenvalue weighted by Crippen LogP contribution is 2.22. The molecule has 0 aliphatic carbocycles. The summed E-state index contributed by atoms with van der Waals surface area (Å²) >= 11 is 0. The summed E-state index contributed by atoms with van der Waals surface area (Å²) in [6.07, 6.45) is 3.70. The Kier molecular flexibility index (Phi) is 5.71. The number of pyridine rings is 1. The lowest BCUT2D eigenvalue weighted by molar-refractivity contribution is 0.0911. The predicted molar refractivity (Wildman–Crippen MR) is 90.5 cm³/mol. The normalized spacial score (nSPS) is 14.0. The quantitative estimate of drug-likeness (QED) is 0.822. The molecule has 0 saturated heterocycles. The molecule has 0 aliphatic heterocycles. The minimum Gasteiger partial charge on any atom is -0.391 e. The van der Waals surface area contributed by atoms with E-state index in [-0.39, 0.29) is 18.5 Å². The Morgan fingerprint density at radius 1 is 1.43 bits per heavy atom. The van der Waals surface area contributed by atoms with Crippen LogP contribution in [-0.4, -0.2) is 38.4 Å². The van der Waals surface area contributed by atoms with E-state index in [0.29, 0.717) is 12.0 Å². The predicted octanol–water partition coefficient (Wildman–Crippen LogP) is 2.60. The van der Waals surface area contributed by atoms with Gasteiger partial charge in [-0.3, -0.25) is 4.79 Å². The number of aliphatic hydroxyl groups excluding tert-OH is 1. The zero-order valence-corrected chi connectivity index (χ0v) is 14.3. The van der Waals surface area contributed by atoms with Crippen molar-refractivity contribution in [3.05, 3.63) is 23.5 Å². The van der Waals surface area contributed by atoms with Crippen molar-refractivity contribution < 1.29 is 9.90 Å². The second-order valence-corrected chi connectivity index (χ2v) is 6.05. The molecule has 1 amide bonds. The standard InChI is InChI=1S/C17H26N4O2/c1-5-7-13(22)9-18-17(23)14-8-11(3)20-16-15(14)10-19-21(16)12(4)6-2/h8,10,12-13,22H,5-7,9H2,1-4H3,(H,18,23). The molecule has 0 fully saturated rings. The molecule has 0 aliphatic rings. The lowest BCUT2D eigenvalue weighted by Crippen LogP contribution is -2.32. The van der Waals surface area contributed by atoms with Crippen molar-refractivity contribution in [2.24, 2.45) is 0 Å². The molecule has 0 spiro atoms. The van der Waals surface area contributed by atoms with E-state index in [1.54, 1.807) is 12.3 Å². The minimum absolute atomic E-state index is 0.195. The number of carbonyl (C=O) groups is 1. The molecule has 0 aromatic carbocycles. The summed E-state index contributed by atoms with van der Waals surface area (Å²) in [4.78, 5) is 17.0. The van der Waals surface area contributed by atoms with Crippen molar-refractivity contribution in [3.8, 4) is 0 Å². The summed E-state index contributed by atoms with van der Waals surface area (Å²) < 4.78 is 1.87. The summed E-state index contributed by atoms with van der Waals surface area (Å²) in [7, 11) is 0. The molecule has 2 atom stereocenters. The Labute approximate surface area is 136 Å². The molecule has 2 aromatic rings. The summed E-state index contributed by atoms with van der Waals surface area (Å²) in [5, 5.41) is 17.7. The van der Waals surface area contributed by atoms with Gasteiger partial charge in [0.1, 0.15) is 0 Å². The van der Waals surface area contributed by atoms with Gasteiger partial charge in [-0.25, -0.2) is 9.67 Å². The second-order valence-electron chi connectivity index (χ2n) is 6.05. The van der Waals surface area contributed by atoms with Crippen molar-refractivity contribution in [2.45, 2.75) is 59.1 Å². The summed E-state index contributed by atoms with van der Waals surface area (Å²) in [6, 6.07) is 2.00. The van der Waals surface area contributed by atoms with Crippen molar-refractivity contribution in [2.75, 3.05) is 6.54 Å². The number of hydrogen-bond acceptors (Lipinski definition) is 4. The van der Waals surface area contributed by atoms with Gasteiger partial charge in [0.25, 0.3) is 5.91 Å². The van der Waals surface area contributed by atoms with Crippen molar-refractivity contribution in [3.63, 3.8) is 0 Å². The van der Waals surface area contributed by atoms with Crippen molar-refractivity contribution >= 4 is 16.9 Å². The third kappa shape index (κ3) is 3.88. The molecule has 2 rings (SSSR count). The molecule has 2 unspecified atom stereocenters. The van der Waals surface area contributed by atoms with E-state index in [4.69, 9.17) is 0 Å². The molecule has 2 heterocycles. The van der Waals surface area contributed by atoms with Gasteiger partial charge >= 0.3 is 0 Å². The van der Waals surface area contributed by atoms with Gasteiger partial charge in [-0.15, -0.1) is 0 Å². The second kappa shape index (κ2) is 7.55. The topological polar surface area (TPSA) is 80.0 Å². The van der Waals surface area contributed by atoms with E-state index in [1.165, 1.54) is 0 Å². The molecule has 6 nitrogen and oxygen atoms in total. The van der Waals surface area contributed by atoms with Gasteiger partial charge in [-0.2, -0.15) is 5.10 Å². The van der Waals surface area contributed by atoms with Crippen LogP contribution in [0.25, 0.3) is 11.0 Å². The summed E-state index contributed by atoms with van der Waals surface area (Å²) in [5.41, 5.74) is 2.08. The van der Waals surface area contributed by atoms with Gasteiger partial charge in [0.15, 0.2) is 5.65 Å². The minimum atomic E-state index is -0.509. The Morgan fingerprint density at radius 3 is 2.83 bits per heavy atom. The third-order valence-corrected chi connectivity index (χ3v) is 4.07. The van der Waals surface area contributed by atoms with Crippen LogP contribution < -0.4 is 5.32 Å². The summed E-state index contributed by atoms with van der Waals surface area (Å²) in [5.74, 6) is -0.195. The molecular formula is C17H26N4O2. The fourth-order valence-corrected chi connectivity index (χ4v) is 2.57.